The molecule has 3 rings (SSSR count). The molecule has 0 bridgehead atoms. The van der Waals surface area contributed by atoms with Gasteiger partial charge in [0.1, 0.15) is 0 Å². The Morgan fingerprint density at radius 3 is 2.67 bits per heavy atom. The first-order valence-electron chi connectivity index (χ1n) is 5.69. The number of rotatable bonds is 2. The Bertz CT molecular complexity index is 676. The molecule has 3 N–H and O–H groups in total. The van der Waals surface area contributed by atoms with E-state index in [1.54, 1.807) is 6.20 Å². The number of aromatic nitrogens is 2. The van der Waals surface area contributed by atoms with Crippen LogP contribution in [0.15, 0.2) is 48.7 Å². The van der Waals surface area contributed by atoms with Crippen molar-refractivity contribution in [3.05, 3.63) is 65.1 Å². The molecule has 1 atom stereocenters. The lowest BCUT2D eigenvalue weighted by atomic mass is 10.1. The number of aromatic amines is 1. The fourth-order valence-electron chi connectivity index (χ4n) is 2.05. The molecule has 4 heteroatoms. The molecule has 0 aliphatic heterocycles. The van der Waals surface area contributed by atoms with Crippen LogP contribution in [0.2, 0.25) is 5.15 Å². The van der Waals surface area contributed by atoms with Gasteiger partial charge >= 0.3 is 0 Å². The predicted molar refractivity (Wildman–Crippen MR) is 73.6 cm³/mol. The molecule has 18 heavy (non-hydrogen) atoms. The van der Waals surface area contributed by atoms with E-state index in [9.17, 15) is 0 Å². The van der Waals surface area contributed by atoms with Crippen LogP contribution >= 0.6 is 11.6 Å². The number of nitrogens with zero attached hydrogens (tertiary/aromatic N) is 1. The van der Waals surface area contributed by atoms with Crippen molar-refractivity contribution < 1.29 is 0 Å². The average Bonchev–Trinajstić information content (AvgIpc) is 2.84. The van der Waals surface area contributed by atoms with Gasteiger partial charge in [0.15, 0.2) is 5.15 Å². The van der Waals surface area contributed by atoms with Crippen molar-refractivity contribution in [3.63, 3.8) is 0 Å². The van der Waals surface area contributed by atoms with Crippen molar-refractivity contribution in [2.75, 3.05) is 0 Å². The summed E-state index contributed by atoms with van der Waals surface area (Å²) < 4.78 is 0. The quantitative estimate of drug-likeness (QED) is 0.693. The van der Waals surface area contributed by atoms with Crippen molar-refractivity contribution in [2.45, 2.75) is 6.04 Å². The third kappa shape index (κ3) is 1.88. The van der Waals surface area contributed by atoms with Crippen molar-refractivity contribution in [3.8, 4) is 0 Å². The van der Waals surface area contributed by atoms with Gasteiger partial charge in [-0.1, -0.05) is 41.9 Å². The van der Waals surface area contributed by atoms with Crippen molar-refractivity contribution in [1.29, 1.82) is 0 Å². The summed E-state index contributed by atoms with van der Waals surface area (Å²) in [6, 6.07) is 13.7. The summed E-state index contributed by atoms with van der Waals surface area (Å²) in [6.07, 6.45) is 1.69. The van der Waals surface area contributed by atoms with E-state index in [4.69, 9.17) is 17.3 Å². The van der Waals surface area contributed by atoms with E-state index >= 15 is 0 Å². The normalized spacial score (nSPS) is 12.8. The lowest BCUT2D eigenvalue weighted by Crippen LogP contribution is -2.11. The first-order chi connectivity index (χ1) is 8.75. The monoisotopic (exact) mass is 257 g/mol. The predicted octanol–water partition coefficient (Wildman–Crippen LogP) is 3.26. The summed E-state index contributed by atoms with van der Waals surface area (Å²) >= 11 is 6.04. The smallest absolute Gasteiger partial charge is 0.153 e. The topological polar surface area (TPSA) is 54.7 Å². The zero-order valence-electron chi connectivity index (χ0n) is 9.60. The zero-order chi connectivity index (χ0) is 12.5. The van der Waals surface area contributed by atoms with Gasteiger partial charge in [0.25, 0.3) is 0 Å². The van der Waals surface area contributed by atoms with Gasteiger partial charge in [0.2, 0.25) is 0 Å². The van der Waals surface area contributed by atoms with Crippen LogP contribution in [0.4, 0.5) is 0 Å². The van der Waals surface area contributed by atoms with Crippen LogP contribution in [0.25, 0.3) is 10.9 Å². The Labute approximate surface area is 110 Å². The van der Waals surface area contributed by atoms with Crippen LogP contribution in [0.3, 0.4) is 0 Å². The second-order valence-corrected chi connectivity index (χ2v) is 4.54. The van der Waals surface area contributed by atoms with E-state index < -0.39 is 0 Å². The molecule has 0 amide bonds. The Kier molecular flexibility index (Phi) is 2.78. The first-order valence-corrected chi connectivity index (χ1v) is 6.07. The number of hydrogen-bond acceptors (Lipinski definition) is 2. The van der Waals surface area contributed by atoms with Gasteiger partial charge in [0.05, 0.1) is 11.6 Å². The summed E-state index contributed by atoms with van der Waals surface area (Å²) in [5.41, 5.74) is 9.07. The molecule has 1 unspecified atom stereocenters. The summed E-state index contributed by atoms with van der Waals surface area (Å²) in [6.45, 7) is 0. The fourth-order valence-corrected chi connectivity index (χ4v) is 2.26. The summed E-state index contributed by atoms with van der Waals surface area (Å²) in [7, 11) is 0. The zero-order valence-corrected chi connectivity index (χ0v) is 10.4. The van der Waals surface area contributed by atoms with E-state index in [-0.39, 0.29) is 6.04 Å². The minimum Gasteiger partial charge on any atom is -0.354 e. The minimum atomic E-state index is -0.185. The molecule has 1 aromatic carbocycles. The van der Waals surface area contributed by atoms with Crippen LogP contribution in [0.1, 0.15) is 17.3 Å². The lowest BCUT2D eigenvalue weighted by molar-refractivity contribution is 0.842. The number of nitrogens with two attached hydrogens (primary N) is 1. The molecule has 2 heterocycles. The number of nitrogens with one attached hydrogen (secondary N) is 1. The SMILES string of the molecule is NC(c1ccccc1)c1cc2ccnc(Cl)c2[nH]1. The molecule has 0 saturated heterocycles. The van der Waals surface area contributed by atoms with Gasteiger partial charge in [-0.15, -0.1) is 0 Å². The molecule has 0 aliphatic rings. The van der Waals surface area contributed by atoms with Crippen molar-refractivity contribution in [2.24, 2.45) is 5.73 Å². The van der Waals surface area contributed by atoms with Crippen LogP contribution in [0, 0.1) is 0 Å². The number of halogens is 1. The fraction of sp³-hybridized carbons (Fsp3) is 0.0714. The first kappa shape index (κ1) is 11.3. The number of H-pyrrole nitrogens is 1. The highest BCUT2D eigenvalue weighted by atomic mass is 35.5. The highest BCUT2D eigenvalue weighted by Crippen LogP contribution is 2.26. The van der Waals surface area contributed by atoms with Gasteiger partial charge in [-0.25, -0.2) is 4.98 Å². The van der Waals surface area contributed by atoms with Gasteiger partial charge in [-0.05, 0) is 17.7 Å². The Hall–Kier alpha value is -1.84. The highest BCUT2D eigenvalue weighted by molar-refractivity contribution is 6.33. The Balaban J connectivity index is 2.07. The maximum absolute atomic E-state index is 6.24. The molecule has 3 aromatic rings. The van der Waals surface area contributed by atoms with Crippen molar-refractivity contribution >= 4 is 22.5 Å². The third-order valence-electron chi connectivity index (χ3n) is 3.01. The number of hydrogen-bond donors (Lipinski definition) is 2. The summed E-state index contributed by atoms with van der Waals surface area (Å²) in [5.74, 6) is 0. The second kappa shape index (κ2) is 4.44. The number of benzene rings is 1. The summed E-state index contributed by atoms with van der Waals surface area (Å²) in [5, 5.41) is 1.50. The van der Waals surface area contributed by atoms with Gasteiger partial charge in [0, 0.05) is 17.3 Å². The number of fused-ring (bicyclic) bond motifs is 1. The van der Waals surface area contributed by atoms with Crippen molar-refractivity contribution in [1.82, 2.24) is 9.97 Å². The minimum absolute atomic E-state index is 0.185. The van der Waals surface area contributed by atoms with Gasteiger partial charge in [-0.2, -0.15) is 0 Å². The van der Waals surface area contributed by atoms with Crippen LogP contribution in [0.5, 0.6) is 0 Å². The average molecular weight is 258 g/mol. The molecule has 0 radical (unpaired) electrons. The number of pyridine rings is 1. The molecule has 3 nitrogen and oxygen atoms in total. The highest BCUT2D eigenvalue weighted by Gasteiger charge is 2.12. The van der Waals surface area contributed by atoms with E-state index in [0.29, 0.717) is 5.15 Å². The standard InChI is InChI=1S/C14H12ClN3/c15-14-13-10(6-7-17-14)8-11(18-13)12(16)9-4-2-1-3-5-9/h1-8,12,18H,16H2. The van der Waals surface area contributed by atoms with E-state index in [0.717, 1.165) is 22.2 Å². The Morgan fingerprint density at radius 2 is 1.94 bits per heavy atom. The molecule has 2 aromatic heterocycles. The van der Waals surface area contributed by atoms with Gasteiger partial charge < -0.3 is 10.7 Å². The van der Waals surface area contributed by atoms with Crippen LogP contribution < -0.4 is 5.73 Å². The van der Waals surface area contributed by atoms with E-state index in [2.05, 4.69) is 9.97 Å². The van der Waals surface area contributed by atoms with Crippen LogP contribution in [-0.4, -0.2) is 9.97 Å². The van der Waals surface area contributed by atoms with E-state index in [1.165, 1.54) is 0 Å². The molecule has 0 aliphatic carbocycles. The largest absolute Gasteiger partial charge is 0.354 e. The van der Waals surface area contributed by atoms with Crippen LogP contribution in [-0.2, 0) is 0 Å². The maximum Gasteiger partial charge on any atom is 0.153 e. The lowest BCUT2D eigenvalue weighted by Gasteiger charge is -2.09. The molecule has 90 valence electrons. The maximum atomic E-state index is 6.24. The molecule has 0 saturated carbocycles. The Morgan fingerprint density at radius 1 is 1.17 bits per heavy atom. The van der Waals surface area contributed by atoms with Gasteiger partial charge in [-0.3, -0.25) is 0 Å². The molecular formula is C14H12ClN3. The second-order valence-electron chi connectivity index (χ2n) is 4.18. The van der Waals surface area contributed by atoms with E-state index in [1.807, 2.05) is 42.5 Å². The molecule has 0 fully saturated rings. The molecule has 0 spiro atoms. The third-order valence-corrected chi connectivity index (χ3v) is 3.30. The summed E-state index contributed by atoms with van der Waals surface area (Å²) in [4.78, 5) is 7.29. The molecular weight excluding hydrogens is 246 g/mol.